The molecule has 2 aliphatic carbocycles. The van der Waals surface area contributed by atoms with Crippen LogP contribution in [0.15, 0.2) is 24.3 Å². The lowest BCUT2D eigenvalue weighted by Gasteiger charge is -2.26. The number of hydrogen-bond donors (Lipinski definition) is 0. The first kappa shape index (κ1) is 15.4. The molecule has 4 rings (SSSR count). The normalized spacial score (nSPS) is 16.5. The van der Waals surface area contributed by atoms with Gasteiger partial charge in [-0.2, -0.15) is 5.10 Å². The van der Waals surface area contributed by atoms with Crippen LogP contribution in [0.1, 0.15) is 54.9 Å². The predicted octanol–water partition coefficient (Wildman–Crippen LogP) is 3.51. The minimum Gasteiger partial charge on any atom is -0.332 e. The zero-order valence-electron chi connectivity index (χ0n) is 14.1. The Hall–Kier alpha value is -2.17. The second-order valence-electron chi connectivity index (χ2n) is 7.05. The Kier molecular flexibility index (Phi) is 3.66. The average Bonchev–Trinajstić information content (AvgIpc) is 3.13. The first-order chi connectivity index (χ1) is 11.6. The Morgan fingerprint density at radius 1 is 1.25 bits per heavy atom. The zero-order chi connectivity index (χ0) is 16.8. The third kappa shape index (κ3) is 2.52. The first-order valence-corrected chi connectivity index (χ1v) is 8.75. The lowest BCUT2D eigenvalue weighted by Crippen LogP contribution is -2.39. The standard InChI is InChI=1S/C19H22FN3O/c1-12(2)22(14-10-11-14)19(24)18-16-4-3-5-17(16)23(21-18)15-8-6-13(20)7-9-15/h6-9,12,14H,3-5,10-11H2,1-2H3. The van der Waals surface area contributed by atoms with Crippen LogP contribution in [-0.2, 0) is 12.8 Å². The third-order valence-electron chi connectivity index (χ3n) is 4.94. The summed E-state index contributed by atoms with van der Waals surface area (Å²) in [6, 6.07) is 6.85. The molecule has 1 heterocycles. The van der Waals surface area contributed by atoms with Crippen molar-refractivity contribution in [1.29, 1.82) is 0 Å². The van der Waals surface area contributed by atoms with Gasteiger partial charge in [0.25, 0.3) is 5.91 Å². The van der Waals surface area contributed by atoms with Crippen molar-refractivity contribution in [2.24, 2.45) is 0 Å². The lowest BCUT2D eigenvalue weighted by molar-refractivity contribution is 0.0682. The monoisotopic (exact) mass is 327 g/mol. The van der Waals surface area contributed by atoms with Gasteiger partial charge in [-0.3, -0.25) is 4.79 Å². The summed E-state index contributed by atoms with van der Waals surface area (Å²) in [7, 11) is 0. The van der Waals surface area contributed by atoms with Gasteiger partial charge in [-0.1, -0.05) is 0 Å². The van der Waals surface area contributed by atoms with E-state index in [1.807, 2.05) is 9.58 Å². The van der Waals surface area contributed by atoms with E-state index in [2.05, 4.69) is 18.9 Å². The van der Waals surface area contributed by atoms with Crippen LogP contribution >= 0.6 is 0 Å². The fraction of sp³-hybridized carbons (Fsp3) is 0.474. The summed E-state index contributed by atoms with van der Waals surface area (Å²) in [6.45, 7) is 4.13. The topological polar surface area (TPSA) is 38.1 Å². The fourth-order valence-corrected chi connectivity index (χ4v) is 3.70. The number of halogens is 1. The molecule has 0 spiro atoms. The highest BCUT2D eigenvalue weighted by atomic mass is 19.1. The summed E-state index contributed by atoms with van der Waals surface area (Å²) in [5.41, 5.74) is 3.59. The highest BCUT2D eigenvalue weighted by Crippen LogP contribution is 2.33. The third-order valence-corrected chi connectivity index (χ3v) is 4.94. The summed E-state index contributed by atoms with van der Waals surface area (Å²) in [5.74, 6) is -0.218. The van der Waals surface area contributed by atoms with Crippen LogP contribution in [0.25, 0.3) is 5.69 Å². The van der Waals surface area contributed by atoms with E-state index in [1.165, 1.54) is 12.1 Å². The lowest BCUT2D eigenvalue weighted by atomic mass is 10.1. The minimum absolute atomic E-state index is 0.0477. The van der Waals surface area contributed by atoms with Gasteiger partial charge in [-0.25, -0.2) is 9.07 Å². The molecule has 5 heteroatoms. The smallest absolute Gasteiger partial charge is 0.275 e. The molecule has 1 aromatic heterocycles. The molecule has 24 heavy (non-hydrogen) atoms. The van der Waals surface area contributed by atoms with Crippen molar-refractivity contribution < 1.29 is 9.18 Å². The Balaban J connectivity index is 1.75. The van der Waals surface area contributed by atoms with Gasteiger partial charge in [-0.05, 0) is 70.2 Å². The van der Waals surface area contributed by atoms with E-state index in [0.717, 1.165) is 49.0 Å². The highest BCUT2D eigenvalue weighted by molar-refractivity contribution is 5.95. The summed E-state index contributed by atoms with van der Waals surface area (Å²) in [4.78, 5) is 15.1. The number of aromatic nitrogens is 2. The Bertz CT molecular complexity index is 773. The molecule has 1 saturated carbocycles. The largest absolute Gasteiger partial charge is 0.332 e. The van der Waals surface area contributed by atoms with Gasteiger partial charge in [-0.15, -0.1) is 0 Å². The molecule has 0 saturated heterocycles. The number of amides is 1. The van der Waals surface area contributed by atoms with Crippen LogP contribution in [-0.4, -0.2) is 32.7 Å². The summed E-state index contributed by atoms with van der Waals surface area (Å²) in [6.07, 6.45) is 5.03. The van der Waals surface area contributed by atoms with E-state index in [4.69, 9.17) is 0 Å². The maximum absolute atomic E-state index is 13.2. The molecule has 126 valence electrons. The number of rotatable bonds is 4. The van der Waals surface area contributed by atoms with Gasteiger partial charge in [0, 0.05) is 23.3 Å². The quantitative estimate of drug-likeness (QED) is 0.862. The van der Waals surface area contributed by atoms with Crippen LogP contribution in [0, 0.1) is 5.82 Å². The van der Waals surface area contributed by atoms with Gasteiger partial charge in [0.2, 0.25) is 0 Å². The van der Waals surface area contributed by atoms with Crippen molar-refractivity contribution in [2.45, 2.75) is 58.0 Å². The van der Waals surface area contributed by atoms with Gasteiger partial charge in [0.15, 0.2) is 5.69 Å². The molecule has 1 amide bonds. The number of nitrogens with zero attached hydrogens (tertiary/aromatic N) is 3. The average molecular weight is 327 g/mol. The summed E-state index contributed by atoms with van der Waals surface area (Å²) >= 11 is 0. The molecule has 2 aromatic rings. The SMILES string of the molecule is CC(C)N(C(=O)c1nn(-c2ccc(F)cc2)c2c1CCC2)C1CC1. The zero-order valence-corrected chi connectivity index (χ0v) is 14.1. The summed E-state index contributed by atoms with van der Waals surface area (Å²) < 4.78 is 15.0. The summed E-state index contributed by atoms with van der Waals surface area (Å²) in [5, 5.41) is 4.65. The van der Waals surface area contributed by atoms with E-state index < -0.39 is 0 Å². The van der Waals surface area contributed by atoms with Crippen molar-refractivity contribution in [2.75, 3.05) is 0 Å². The second-order valence-corrected chi connectivity index (χ2v) is 7.05. The molecular formula is C19H22FN3O. The number of hydrogen-bond acceptors (Lipinski definition) is 2. The van der Waals surface area contributed by atoms with Gasteiger partial charge in [0.05, 0.1) is 5.69 Å². The van der Waals surface area contributed by atoms with Crippen molar-refractivity contribution >= 4 is 5.91 Å². The predicted molar refractivity (Wildman–Crippen MR) is 89.9 cm³/mol. The van der Waals surface area contributed by atoms with E-state index >= 15 is 0 Å². The van der Waals surface area contributed by atoms with Gasteiger partial charge >= 0.3 is 0 Å². The molecule has 2 aliphatic rings. The fourth-order valence-electron chi connectivity index (χ4n) is 3.70. The van der Waals surface area contributed by atoms with E-state index in [9.17, 15) is 9.18 Å². The first-order valence-electron chi connectivity index (χ1n) is 8.75. The van der Waals surface area contributed by atoms with E-state index in [0.29, 0.717) is 11.7 Å². The van der Waals surface area contributed by atoms with Crippen molar-refractivity contribution in [1.82, 2.24) is 14.7 Å². The van der Waals surface area contributed by atoms with Gasteiger partial charge in [0.1, 0.15) is 5.82 Å². The molecular weight excluding hydrogens is 305 g/mol. The molecule has 0 bridgehead atoms. The molecule has 1 aromatic carbocycles. The maximum Gasteiger partial charge on any atom is 0.275 e. The maximum atomic E-state index is 13.2. The number of carbonyl (C=O) groups is 1. The number of fused-ring (bicyclic) bond motifs is 1. The van der Waals surface area contributed by atoms with E-state index in [-0.39, 0.29) is 17.8 Å². The molecule has 4 nitrogen and oxygen atoms in total. The molecule has 0 atom stereocenters. The Labute approximate surface area is 141 Å². The van der Waals surface area contributed by atoms with Crippen molar-refractivity contribution in [3.63, 3.8) is 0 Å². The highest BCUT2D eigenvalue weighted by Gasteiger charge is 2.38. The van der Waals surface area contributed by atoms with Crippen LogP contribution in [0.5, 0.6) is 0 Å². The number of benzene rings is 1. The van der Waals surface area contributed by atoms with Crippen LogP contribution in [0.3, 0.4) is 0 Å². The van der Waals surface area contributed by atoms with Crippen molar-refractivity contribution in [3.8, 4) is 5.69 Å². The molecule has 0 aliphatic heterocycles. The van der Waals surface area contributed by atoms with Crippen LogP contribution < -0.4 is 0 Å². The molecule has 0 N–H and O–H groups in total. The van der Waals surface area contributed by atoms with Crippen LogP contribution in [0.4, 0.5) is 4.39 Å². The van der Waals surface area contributed by atoms with Gasteiger partial charge < -0.3 is 4.90 Å². The van der Waals surface area contributed by atoms with Crippen LogP contribution in [0.2, 0.25) is 0 Å². The van der Waals surface area contributed by atoms with Crippen molar-refractivity contribution in [3.05, 3.63) is 47.0 Å². The molecule has 0 unspecified atom stereocenters. The Morgan fingerprint density at radius 2 is 1.96 bits per heavy atom. The Morgan fingerprint density at radius 3 is 2.58 bits per heavy atom. The minimum atomic E-state index is -0.265. The second kappa shape index (κ2) is 5.72. The van der Waals surface area contributed by atoms with E-state index in [1.54, 1.807) is 12.1 Å². The number of carbonyl (C=O) groups excluding carboxylic acids is 1. The molecule has 1 fully saturated rings. The molecule has 0 radical (unpaired) electrons.